The molecule has 0 radical (unpaired) electrons. The Morgan fingerprint density at radius 3 is 1.28 bits per heavy atom. The van der Waals surface area contributed by atoms with Crippen LogP contribution in [0.4, 0.5) is 0 Å². The summed E-state index contributed by atoms with van der Waals surface area (Å²) in [4.78, 5) is 0. The van der Waals surface area contributed by atoms with E-state index in [9.17, 15) is 25.0 Å². The van der Waals surface area contributed by atoms with E-state index in [-0.39, 0.29) is 13.2 Å². The molecule has 0 saturated heterocycles. The van der Waals surface area contributed by atoms with Crippen molar-refractivity contribution >= 4 is 26.5 Å². The van der Waals surface area contributed by atoms with E-state index in [0.717, 1.165) is 10.4 Å². The molecule has 0 spiro atoms. The molecule has 9 nitrogen and oxygen atoms in total. The Bertz CT molecular complexity index is 1490. The first-order chi connectivity index (χ1) is 22.4. The topological polar surface area (TPSA) is 135 Å². The lowest BCUT2D eigenvalue weighted by Gasteiger charge is -2.50. The van der Waals surface area contributed by atoms with Gasteiger partial charge in [0, 0.05) is 0 Å². The molecule has 11 heteroatoms. The summed E-state index contributed by atoms with van der Waals surface area (Å²) < 4.78 is 38.1. The van der Waals surface area contributed by atoms with E-state index in [1.54, 1.807) is 48.5 Å². The van der Waals surface area contributed by atoms with Gasteiger partial charge >= 0.3 is 7.82 Å². The second-order valence-electron chi connectivity index (χ2n) is 12.7. The number of hydrogen-bond donors (Lipinski definition) is 4. The van der Waals surface area contributed by atoms with Gasteiger partial charge in [-0.2, -0.15) is 0 Å². The van der Waals surface area contributed by atoms with Gasteiger partial charge in [-0.25, -0.2) is 4.57 Å². The summed E-state index contributed by atoms with van der Waals surface area (Å²) in [6, 6.07) is 37.1. The number of aliphatic hydroxyl groups excluding tert-OH is 4. The van der Waals surface area contributed by atoms with Crippen molar-refractivity contribution in [3.8, 4) is 0 Å². The minimum absolute atomic E-state index is 0.156. The largest absolute Gasteiger partial charge is 0.475 e. The Morgan fingerprint density at radius 2 is 0.915 bits per heavy atom. The van der Waals surface area contributed by atoms with Gasteiger partial charge in [-0.1, -0.05) is 142 Å². The van der Waals surface area contributed by atoms with Gasteiger partial charge < -0.3 is 24.9 Å². The van der Waals surface area contributed by atoms with Gasteiger partial charge in [0.15, 0.2) is 0 Å². The maximum atomic E-state index is 14.1. The molecule has 5 rings (SSSR count). The molecular formula is C36H43O9PSi. The van der Waals surface area contributed by atoms with Crippen molar-refractivity contribution in [3.63, 3.8) is 0 Å². The molecule has 0 bridgehead atoms. The van der Waals surface area contributed by atoms with Crippen LogP contribution >= 0.6 is 7.82 Å². The second-order valence-corrected chi connectivity index (χ2v) is 18.6. The predicted molar refractivity (Wildman–Crippen MR) is 181 cm³/mol. The van der Waals surface area contributed by atoms with Crippen molar-refractivity contribution in [3.05, 3.63) is 132 Å². The van der Waals surface area contributed by atoms with E-state index in [0.29, 0.717) is 11.1 Å². The Morgan fingerprint density at radius 1 is 0.574 bits per heavy atom. The third-order valence-corrected chi connectivity index (χ3v) is 14.9. The van der Waals surface area contributed by atoms with Crippen LogP contribution in [-0.2, 0) is 35.8 Å². The van der Waals surface area contributed by atoms with Gasteiger partial charge in [-0.05, 0) is 26.5 Å². The standard InChI is InChI=1S/C36H43O9PSi/c1-36(2,3)47(28-20-12-6-13-21-28,29-22-14-7-15-23-29)45-35-32(39)30(37)34(31(38)33(35)40)44-46(41,42-24-26-16-8-4-9-17-26)43-25-27-18-10-5-11-19-27/h4-23,30-35,37-40H,24-25H2,1-3H3/t30-,31+,32-,33-,34?,35?/m1/s1. The third-order valence-electron chi connectivity index (χ3n) is 8.49. The van der Waals surface area contributed by atoms with Crippen LogP contribution in [0, 0.1) is 0 Å². The fourth-order valence-corrected chi connectivity index (χ4v) is 12.1. The molecule has 1 aliphatic rings. The zero-order valence-electron chi connectivity index (χ0n) is 26.7. The second kappa shape index (κ2) is 15.1. The number of phosphoric ester groups is 1. The number of phosphoric acid groups is 1. The molecule has 0 aliphatic heterocycles. The monoisotopic (exact) mass is 678 g/mol. The maximum Gasteiger partial charge on any atom is 0.475 e. The molecule has 250 valence electrons. The van der Waals surface area contributed by atoms with Gasteiger partial charge in [0.2, 0.25) is 0 Å². The normalized spacial score (nSPS) is 23.8. The summed E-state index contributed by atoms with van der Waals surface area (Å²) in [7, 11) is -7.84. The fourth-order valence-electron chi connectivity index (χ4n) is 6.04. The Labute approximate surface area is 277 Å². The third kappa shape index (κ3) is 7.85. The van der Waals surface area contributed by atoms with E-state index < -0.39 is 57.8 Å². The molecule has 1 saturated carbocycles. The lowest BCUT2D eigenvalue weighted by molar-refractivity contribution is -0.216. The highest BCUT2D eigenvalue weighted by atomic mass is 31.2. The smallest absolute Gasteiger partial charge is 0.399 e. The van der Waals surface area contributed by atoms with Gasteiger partial charge in [0.1, 0.15) is 36.6 Å². The fraction of sp³-hybridized carbons (Fsp3) is 0.333. The predicted octanol–water partition coefficient (Wildman–Crippen LogP) is 4.32. The first-order valence-electron chi connectivity index (χ1n) is 15.6. The van der Waals surface area contributed by atoms with Gasteiger partial charge in [0.25, 0.3) is 8.32 Å². The number of aliphatic hydroxyl groups is 4. The minimum atomic E-state index is -4.50. The first-order valence-corrected chi connectivity index (χ1v) is 19.0. The van der Waals surface area contributed by atoms with Crippen molar-refractivity contribution in [2.24, 2.45) is 0 Å². The lowest BCUT2D eigenvalue weighted by Crippen LogP contribution is -2.73. The van der Waals surface area contributed by atoms with Crippen molar-refractivity contribution in [2.45, 2.75) is 75.6 Å². The molecule has 1 aliphatic carbocycles. The zero-order valence-corrected chi connectivity index (χ0v) is 28.6. The molecule has 47 heavy (non-hydrogen) atoms. The maximum absolute atomic E-state index is 14.1. The molecule has 4 N–H and O–H groups in total. The quantitative estimate of drug-likeness (QED) is 0.128. The molecule has 4 aromatic carbocycles. The molecule has 4 aromatic rings. The summed E-state index contributed by atoms with van der Waals surface area (Å²) in [6.45, 7) is 5.78. The first kappa shape index (κ1) is 35.3. The van der Waals surface area contributed by atoms with Crippen LogP contribution in [0.2, 0.25) is 5.04 Å². The lowest BCUT2D eigenvalue weighted by atomic mass is 9.85. The number of benzene rings is 4. The van der Waals surface area contributed by atoms with Crippen LogP contribution in [0.3, 0.4) is 0 Å². The van der Waals surface area contributed by atoms with Crippen LogP contribution in [0.5, 0.6) is 0 Å². The summed E-state index contributed by atoms with van der Waals surface area (Å²) in [6.07, 6.45) is -10.3. The van der Waals surface area contributed by atoms with Crippen molar-refractivity contribution in [1.82, 2.24) is 0 Å². The highest BCUT2D eigenvalue weighted by Crippen LogP contribution is 2.54. The molecule has 6 atom stereocenters. The van der Waals surface area contributed by atoms with Gasteiger partial charge in [-0.15, -0.1) is 0 Å². The average molecular weight is 679 g/mol. The molecule has 0 heterocycles. The molecule has 0 aromatic heterocycles. The highest BCUT2D eigenvalue weighted by molar-refractivity contribution is 7.48. The van der Waals surface area contributed by atoms with Gasteiger partial charge in [0.05, 0.1) is 13.2 Å². The van der Waals surface area contributed by atoms with E-state index in [2.05, 4.69) is 0 Å². The summed E-state index contributed by atoms with van der Waals surface area (Å²) >= 11 is 0. The number of rotatable bonds is 12. The zero-order chi connectivity index (χ0) is 33.7. The Balaban J connectivity index is 1.44. The Kier molecular flexibility index (Phi) is 11.3. The van der Waals surface area contributed by atoms with Crippen LogP contribution in [-0.4, -0.2) is 65.4 Å². The van der Waals surface area contributed by atoms with E-state index in [4.69, 9.17) is 18.0 Å². The van der Waals surface area contributed by atoms with E-state index >= 15 is 0 Å². The molecule has 1 fully saturated rings. The molecular weight excluding hydrogens is 635 g/mol. The number of hydrogen-bond acceptors (Lipinski definition) is 9. The summed E-state index contributed by atoms with van der Waals surface area (Å²) in [5.74, 6) is 0. The summed E-state index contributed by atoms with van der Waals surface area (Å²) in [5, 5.41) is 47.2. The SMILES string of the molecule is CC(C)(C)[Si](OC1[C@H](O)[C@H](O)C(OP(=O)(OCc2ccccc2)OCc2ccccc2)[C@H](O)[C@H]1O)(c1ccccc1)c1ccccc1. The Hall–Kier alpha value is -2.99. The van der Waals surface area contributed by atoms with E-state index in [1.807, 2.05) is 93.6 Å². The van der Waals surface area contributed by atoms with Gasteiger partial charge in [-0.3, -0.25) is 13.6 Å². The summed E-state index contributed by atoms with van der Waals surface area (Å²) in [5.41, 5.74) is 1.37. The highest BCUT2D eigenvalue weighted by Gasteiger charge is 2.58. The molecule has 0 amide bonds. The van der Waals surface area contributed by atoms with Crippen molar-refractivity contribution in [2.75, 3.05) is 0 Å². The van der Waals surface area contributed by atoms with E-state index in [1.165, 1.54) is 0 Å². The van der Waals surface area contributed by atoms with Crippen molar-refractivity contribution in [1.29, 1.82) is 0 Å². The van der Waals surface area contributed by atoms with Crippen LogP contribution < -0.4 is 10.4 Å². The van der Waals surface area contributed by atoms with Crippen LogP contribution in [0.15, 0.2) is 121 Å². The van der Waals surface area contributed by atoms with Crippen LogP contribution in [0.1, 0.15) is 31.9 Å². The average Bonchev–Trinajstić information content (AvgIpc) is 3.09. The minimum Gasteiger partial charge on any atom is -0.399 e. The molecule has 2 unspecified atom stereocenters. The van der Waals surface area contributed by atoms with Crippen molar-refractivity contribution < 1.29 is 43.0 Å². The van der Waals surface area contributed by atoms with Crippen LogP contribution in [0.25, 0.3) is 0 Å².